The molecule has 2 atom stereocenters. The molecule has 0 spiro atoms. The number of hydrogen-bond donors (Lipinski definition) is 3. The molecule has 0 fully saturated rings. The SMILES string of the molecule is CN(CCC#N)c1ccc(C(O)C(O)CNC(=O)OCC2c3ccccc3-c3ccccc32)cc1. The second-order valence-corrected chi connectivity index (χ2v) is 8.64. The standard InChI is InChI=1S/C28H29N3O4/c1-31(16-6-15-29)20-13-11-19(12-14-20)27(33)26(32)17-30-28(34)35-18-25-23-9-4-2-7-21(23)22-8-3-5-10-24(22)25/h2-5,7-14,25-27,32-33H,6,16-18H2,1H3,(H,30,34). The van der Waals surface area contributed by atoms with Gasteiger partial charge in [0.15, 0.2) is 0 Å². The molecule has 0 heterocycles. The number of aliphatic hydroxyl groups is 2. The summed E-state index contributed by atoms with van der Waals surface area (Å²) in [4.78, 5) is 14.3. The van der Waals surface area contributed by atoms with Crippen LogP contribution in [0.4, 0.5) is 10.5 Å². The van der Waals surface area contributed by atoms with E-state index in [4.69, 9.17) is 10.00 Å². The molecule has 3 aromatic carbocycles. The number of aliphatic hydroxyl groups excluding tert-OH is 2. The van der Waals surface area contributed by atoms with E-state index in [9.17, 15) is 15.0 Å². The fraction of sp³-hybridized carbons (Fsp3) is 0.286. The second kappa shape index (κ2) is 11.0. The van der Waals surface area contributed by atoms with E-state index in [1.807, 2.05) is 60.5 Å². The van der Waals surface area contributed by atoms with Gasteiger partial charge in [0, 0.05) is 31.7 Å². The molecule has 0 bridgehead atoms. The van der Waals surface area contributed by atoms with Crippen LogP contribution in [0.5, 0.6) is 0 Å². The third kappa shape index (κ3) is 5.46. The zero-order chi connectivity index (χ0) is 24.8. The number of nitrogens with zero attached hydrogens (tertiary/aromatic N) is 2. The van der Waals surface area contributed by atoms with Crippen LogP contribution in [0, 0.1) is 11.3 Å². The quantitative estimate of drug-likeness (QED) is 0.436. The summed E-state index contributed by atoms with van der Waals surface area (Å²) >= 11 is 0. The van der Waals surface area contributed by atoms with Crippen LogP contribution in [0.2, 0.25) is 0 Å². The van der Waals surface area contributed by atoms with Crippen LogP contribution in [0.1, 0.15) is 35.1 Å². The number of ether oxygens (including phenoxy) is 1. The number of alkyl carbamates (subject to hydrolysis) is 1. The molecule has 0 aliphatic heterocycles. The van der Waals surface area contributed by atoms with E-state index in [0.717, 1.165) is 27.9 Å². The van der Waals surface area contributed by atoms with Crippen LogP contribution in [0.25, 0.3) is 11.1 Å². The number of benzene rings is 3. The molecule has 0 saturated carbocycles. The lowest BCUT2D eigenvalue weighted by atomic mass is 9.98. The fourth-order valence-electron chi connectivity index (χ4n) is 4.44. The zero-order valence-electron chi connectivity index (χ0n) is 19.6. The van der Waals surface area contributed by atoms with E-state index < -0.39 is 18.3 Å². The highest BCUT2D eigenvalue weighted by Crippen LogP contribution is 2.44. The third-order valence-corrected chi connectivity index (χ3v) is 6.40. The number of rotatable bonds is 9. The molecule has 1 aliphatic carbocycles. The maximum absolute atomic E-state index is 12.3. The van der Waals surface area contributed by atoms with Gasteiger partial charge < -0.3 is 25.2 Å². The number of amides is 1. The summed E-state index contributed by atoms with van der Waals surface area (Å²) in [5, 5.41) is 32.2. The Labute approximate surface area is 205 Å². The molecule has 7 heteroatoms. The van der Waals surface area contributed by atoms with Gasteiger partial charge in [0.25, 0.3) is 0 Å². The lowest BCUT2D eigenvalue weighted by Gasteiger charge is -2.21. The summed E-state index contributed by atoms with van der Waals surface area (Å²) in [6, 6.07) is 25.4. The number of anilines is 1. The minimum atomic E-state index is -1.20. The van der Waals surface area contributed by atoms with Crippen molar-refractivity contribution in [1.82, 2.24) is 5.32 Å². The molecule has 180 valence electrons. The van der Waals surface area contributed by atoms with Gasteiger partial charge >= 0.3 is 6.09 Å². The highest BCUT2D eigenvalue weighted by atomic mass is 16.5. The Morgan fingerprint density at radius 1 is 1.03 bits per heavy atom. The molecule has 7 nitrogen and oxygen atoms in total. The van der Waals surface area contributed by atoms with Crippen molar-refractivity contribution in [2.24, 2.45) is 0 Å². The van der Waals surface area contributed by atoms with Crippen LogP contribution in [0.3, 0.4) is 0 Å². The third-order valence-electron chi connectivity index (χ3n) is 6.40. The van der Waals surface area contributed by atoms with Crippen molar-refractivity contribution in [3.05, 3.63) is 89.5 Å². The molecule has 1 amide bonds. The Bertz CT molecular complexity index is 1160. The smallest absolute Gasteiger partial charge is 0.407 e. The van der Waals surface area contributed by atoms with E-state index in [-0.39, 0.29) is 19.1 Å². The van der Waals surface area contributed by atoms with Gasteiger partial charge in [-0.25, -0.2) is 4.79 Å². The highest BCUT2D eigenvalue weighted by molar-refractivity contribution is 5.79. The van der Waals surface area contributed by atoms with Gasteiger partial charge in [0.1, 0.15) is 18.8 Å². The minimum absolute atomic E-state index is 0.0477. The van der Waals surface area contributed by atoms with Crippen molar-refractivity contribution < 1.29 is 19.7 Å². The maximum Gasteiger partial charge on any atom is 0.407 e. The zero-order valence-corrected chi connectivity index (χ0v) is 19.6. The molecular formula is C28H29N3O4. The largest absolute Gasteiger partial charge is 0.449 e. The normalized spacial score (nSPS) is 13.8. The molecule has 0 radical (unpaired) electrons. The molecule has 0 saturated heterocycles. The Hall–Kier alpha value is -3.86. The maximum atomic E-state index is 12.3. The van der Waals surface area contributed by atoms with Gasteiger partial charge in [-0.05, 0) is 39.9 Å². The summed E-state index contributed by atoms with van der Waals surface area (Å²) in [7, 11) is 1.88. The van der Waals surface area contributed by atoms with Gasteiger partial charge in [-0.1, -0.05) is 60.7 Å². The predicted molar refractivity (Wildman–Crippen MR) is 134 cm³/mol. The van der Waals surface area contributed by atoms with Crippen molar-refractivity contribution in [2.75, 3.05) is 31.6 Å². The van der Waals surface area contributed by atoms with Crippen LogP contribution < -0.4 is 10.2 Å². The van der Waals surface area contributed by atoms with Crippen LogP contribution >= 0.6 is 0 Å². The number of carbonyl (C=O) groups is 1. The summed E-state index contributed by atoms with van der Waals surface area (Å²) in [5.41, 5.74) is 5.99. The number of nitrogens with one attached hydrogen (secondary N) is 1. The number of carbonyl (C=O) groups excluding carboxylic acids is 1. The molecule has 0 aromatic heterocycles. The average molecular weight is 472 g/mol. The monoisotopic (exact) mass is 471 g/mol. The van der Waals surface area contributed by atoms with Gasteiger partial charge in [-0.3, -0.25) is 0 Å². The summed E-state index contributed by atoms with van der Waals surface area (Å²) in [5.74, 6) is -0.0477. The molecule has 3 aromatic rings. The molecular weight excluding hydrogens is 442 g/mol. The number of fused-ring (bicyclic) bond motifs is 3. The number of nitriles is 1. The van der Waals surface area contributed by atoms with E-state index in [2.05, 4.69) is 23.5 Å². The van der Waals surface area contributed by atoms with E-state index >= 15 is 0 Å². The second-order valence-electron chi connectivity index (χ2n) is 8.64. The summed E-state index contributed by atoms with van der Waals surface area (Å²) in [6.45, 7) is 0.631. The first-order valence-electron chi connectivity index (χ1n) is 11.6. The fourth-order valence-corrected chi connectivity index (χ4v) is 4.44. The molecule has 1 aliphatic rings. The number of hydrogen-bond acceptors (Lipinski definition) is 6. The van der Waals surface area contributed by atoms with Gasteiger partial charge in [-0.15, -0.1) is 0 Å². The van der Waals surface area contributed by atoms with Crippen LogP contribution in [0.15, 0.2) is 72.8 Å². The van der Waals surface area contributed by atoms with Crippen molar-refractivity contribution in [3.8, 4) is 17.2 Å². The Balaban J connectivity index is 1.29. The lowest BCUT2D eigenvalue weighted by Crippen LogP contribution is -2.36. The Morgan fingerprint density at radius 2 is 1.63 bits per heavy atom. The van der Waals surface area contributed by atoms with E-state index in [1.54, 1.807) is 12.1 Å². The highest BCUT2D eigenvalue weighted by Gasteiger charge is 2.29. The molecule has 2 unspecified atom stereocenters. The van der Waals surface area contributed by atoms with E-state index in [0.29, 0.717) is 18.5 Å². The minimum Gasteiger partial charge on any atom is -0.449 e. The van der Waals surface area contributed by atoms with Crippen molar-refractivity contribution in [3.63, 3.8) is 0 Å². The molecule has 3 N–H and O–H groups in total. The van der Waals surface area contributed by atoms with Crippen LogP contribution in [-0.4, -0.2) is 49.2 Å². The predicted octanol–water partition coefficient (Wildman–Crippen LogP) is 3.97. The first-order chi connectivity index (χ1) is 17.0. The lowest BCUT2D eigenvalue weighted by molar-refractivity contribution is 0.0185. The van der Waals surface area contributed by atoms with Gasteiger partial charge in [-0.2, -0.15) is 5.26 Å². The Kier molecular flexibility index (Phi) is 7.66. The van der Waals surface area contributed by atoms with Gasteiger partial charge in [0.05, 0.1) is 12.5 Å². The first-order valence-corrected chi connectivity index (χ1v) is 11.6. The Morgan fingerprint density at radius 3 is 2.23 bits per heavy atom. The van der Waals surface area contributed by atoms with E-state index in [1.165, 1.54) is 0 Å². The topological polar surface area (TPSA) is 106 Å². The first kappa shape index (κ1) is 24.3. The van der Waals surface area contributed by atoms with Crippen molar-refractivity contribution in [1.29, 1.82) is 5.26 Å². The van der Waals surface area contributed by atoms with Crippen LogP contribution in [-0.2, 0) is 4.74 Å². The molecule has 4 rings (SSSR count). The summed E-state index contributed by atoms with van der Waals surface area (Å²) in [6.07, 6.45) is -2.59. The van der Waals surface area contributed by atoms with Crippen molar-refractivity contribution in [2.45, 2.75) is 24.5 Å². The molecule has 35 heavy (non-hydrogen) atoms. The average Bonchev–Trinajstić information content (AvgIpc) is 3.22. The van der Waals surface area contributed by atoms with Gasteiger partial charge in [0.2, 0.25) is 0 Å². The summed E-state index contributed by atoms with van der Waals surface area (Å²) < 4.78 is 5.48. The van der Waals surface area contributed by atoms with Crippen molar-refractivity contribution >= 4 is 11.8 Å².